The molecular weight excluding hydrogens is 268 g/mol. The van der Waals surface area contributed by atoms with Gasteiger partial charge in [0, 0.05) is 13.5 Å². The lowest BCUT2D eigenvalue weighted by atomic mass is 10.2. The minimum Gasteiger partial charge on any atom is -0.441 e. The van der Waals surface area contributed by atoms with E-state index in [0.717, 1.165) is 16.7 Å². The number of oxazole rings is 1. The van der Waals surface area contributed by atoms with Gasteiger partial charge in [0.2, 0.25) is 0 Å². The first kappa shape index (κ1) is 13.2. The molecule has 21 heavy (non-hydrogen) atoms. The molecule has 3 aromatic rings. The first-order valence-corrected chi connectivity index (χ1v) is 6.57. The van der Waals surface area contributed by atoms with Crippen LogP contribution in [0.25, 0.3) is 11.1 Å². The molecule has 1 aromatic heterocycles. The number of nitrogens with zero attached hydrogens (tertiary/aromatic N) is 1. The number of rotatable bonds is 3. The van der Waals surface area contributed by atoms with Crippen LogP contribution in [0.5, 0.6) is 5.75 Å². The Morgan fingerprint density at radius 2 is 2.05 bits per heavy atom. The largest absolute Gasteiger partial charge is 0.441 e. The molecule has 0 saturated heterocycles. The number of fused-ring (bicyclic) bond motifs is 1. The lowest BCUT2D eigenvalue weighted by molar-refractivity contribution is 0.200. The number of para-hydroxylation sites is 1. The highest BCUT2D eigenvalue weighted by atomic mass is 16.6. The van der Waals surface area contributed by atoms with Crippen molar-refractivity contribution in [2.45, 2.75) is 13.5 Å². The van der Waals surface area contributed by atoms with Crippen LogP contribution >= 0.6 is 0 Å². The Bertz CT molecular complexity index is 766. The van der Waals surface area contributed by atoms with Crippen molar-refractivity contribution in [1.82, 2.24) is 10.3 Å². The molecule has 0 bridgehead atoms. The Morgan fingerprint density at radius 1 is 1.24 bits per heavy atom. The van der Waals surface area contributed by atoms with E-state index in [0.29, 0.717) is 18.2 Å². The minimum atomic E-state index is -0.488. The molecule has 3 rings (SSSR count). The van der Waals surface area contributed by atoms with Crippen LogP contribution in [-0.4, -0.2) is 11.1 Å². The molecule has 0 radical (unpaired) electrons. The standard InChI is InChI=1S/C16H14N2O3/c1-11-18-14-9-12(7-8-15(14)20-11)10-17-16(19)21-13-5-3-2-4-6-13/h2-9H,10H2,1H3,(H,17,19). The van der Waals surface area contributed by atoms with Gasteiger partial charge in [-0.05, 0) is 29.8 Å². The summed E-state index contributed by atoms with van der Waals surface area (Å²) in [5.41, 5.74) is 2.45. The topological polar surface area (TPSA) is 64.4 Å². The van der Waals surface area contributed by atoms with Crippen molar-refractivity contribution in [2.24, 2.45) is 0 Å². The molecule has 5 heteroatoms. The van der Waals surface area contributed by atoms with Crippen LogP contribution in [0, 0.1) is 6.92 Å². The summed E-state index contributed by atoms with van der Waals surface area (Å²) in [7, 11) is 0. The van der Waals surface area contributed by atoms with E-state index in [9.17, 15) is 4.79 Å². The van der Waals surface area contributed by atoms with E-state index in [2.05, 4.69) is 10.3 Å². The van der Waals surface area contributed by atoms with Gasteiger partial charge in [-0.1, -0.05) is 24.3 Å². The molecule has 1 N–H and O–H groups in total. The van der Waals surface area contributed by atoms with Gasteiger partial charge in [0.25, 0.3) is 0 Å². The summed E-state index contributed by atoms with van der Waals surface area (Å²) in [6, 6.07) is 14.5. The van der Waals surface area contributed by atoms with E-state index in [-0.39, 0.29) is 0 Å². The van der Waals surface area contributed by atoms with Gasteiger partial charge in [-0.3, -0.25) is 0 Å². The number of nitrogens with one attached hydrogen (secondary N) is 1. The number of carbonyl (C=O) groups is 1. The Balaban J connectivity index is 1.62. The van der Waals surface area contributed by atoms with Gasteiger partial charge < -0.3 is 14.5 Å². The average Bonchev–Trinajstić information content (AvgIpc) is 2.85. The van der Waals surface area contributed by atoms with Crippen molar-refractivity contribution in [3.05, 3.63) is 60.0 Å². The number of benzene rings is 2. The monoisotopic (exact) mass is 282 g/mol. The van der Waals surface area contributed by atoms with Gasteiger partial charge in [0.05, 0.1) is 0 Å². The number of aromatic nitrogens is 1. The highest BCUT2D eigenvalue weighted by Gasteiger charge is 2.06. The molecule has 0 fully saturated rings. The van der Waals surface area contributed by atoms with Crippen molar-refractivity contribution in [3.8, 4) is 5.75 Å². The summed E-state index contributed by atoms with van der Waals surface area (Å²) in [5, 5.41) is 2.70. The van der Waals surface area contributed by atoms with E-state index >= 15 is 0 Å². The number of carbonyl (C=O) groups excluding carboxylic acids is 1. The third kappa shape index (κ3) is 3.20. The first-order valence-electron chi connectivity index (χ1n) is 6.57. The predicted octanol–water partition coefficient (Wildman–Crippen LogP) is 3.42. The highest BCUT2D eigenvalue weighted by molar-refractivity contribution is 5.74. The fourth-order valence-electron chi connectivity index (χ4n) is 2.00. The van der Waals surface area contributed by atoms with Gasteiger partial charge in [0.15, 0.2) is 11.5 Å². The lowest BCUT2D eigenvalue weighted by Gasteiger charge is -2.06. The van der Waals surface area contributed by atoms with Gasteiger partial charge in [0.1, 0.15) is 11.3 Å². The van der Waals surface area contributed by atoms with Gasteiger partial charge in [-0.15, -0.1) is 0 Å². The van der Waals surface area contributed by atoms with Crippen molar-refractivity contribution in [1.29, 1.82) is 0 Å². The summed E-state index contributed by atoms with van der Waals surface area (Å²) >= 11 is 0. The fourth-order valence-corrected chi connectivity index (χ4v) is 2.00. The third-order valence-corrected chi connectivity index (χ3v) is 2.95. The van der Waals surface area contributed by atoms with Gasteiger partial charge in [-0.25, -0.2) is 9.78 Å². The summed E-state index contributed by atoms with van der Waals surface area (Å²) in [4.78, 5) is 15.9. The maximum Gasteiger partial charge on any atom is 0.412 e. The molecule has 106 valence electrons. The Morgan fingerprint density at radius 3 is 2.86 bits per heavy atom. The molecule has 1 heterocycles. The van der Waals surface area contributed by atoms with Crippen LogP contribution in [0.4, 0.5) is 4.79 Å². The highest BCUT2D eigenvalue weighted by Crippen LogP contribution is 2.16. The SMILES string of the molecule is Cc1nc2cc(CNC(=O)Oc3ccccc3)ccc2o1. The second-order valence-electron chi connectivity index (χ2n) is 4.59. The maximum atomic E-state index is 11.7. The molecule has 0 atom stereocenters. The second-order valence-corrected chi connectivity index (χ2v) is 4.59. The Hall–Kier alpha value is -2.82. The lowest BCUT2D eigenvalue weighted by Crippen LogP contribution is -2.26. The molecule has 0 aliphatic heterocycles. The molecule has 0 unspecified atom stereocenters. The number of hydrogen-bond donors (Lipinski definition) is 1. The molecule has 2 aromatic carbocycles. The van der Waals surface area contributed by atoms with Crippen LogP contribution in [0.15, 0.2) is 52.9 Å². The van der Waals surface area contributed by atoms with Crippen LogP contribution in [-0.2, 0) is 6.54 Å². The van der Waals surface area contributed by atoms with E-state index in [1.807, 2.05) is 36.4 Å². The zero-order valence-corrected chi connectivity index (χ0v) is 11.5. The number of amides is 1. The van der Waals surface area contributed by atoms with Gasteiger partial charge >= 0.3 is 6.09 Å². The van der Waals surface area contributed by atoms with E-state index < -0.39 is 6.09 Å². The zero-order chi connectivity index (χ0) is 14.7. The summed E-state index contributed by atoms with van der Waals surface area (Å²) in [5.74, 6) is 1.14. The summed E-state index contributed by atoms with van der Waals surface area (Å²) in [6.07, 6.45) is -0.488. The Labute approximate surface area is 121 Å². The predicted molar refractivity (Wildman–Crippen MR) is 78.1 cm³/mol. The molecule has 5 nitrogen and oxygen atoms in total. The van der Waals surface area contributed by atoms with E-state index in [1.54, 1.807) is 19.1 Å². The zero-order valence-electron chi connectivity index (χ0n) is 11.5. The van der Waals surface area contributed by atoms with Gasteiger partial charge in [-0.2, -0.15) is 0 Å². The molecule has 0 aliphatic rings. The molecule has 0 saturated carbocycles. The summed E-state index contributed by atoms with van der Waals surface area (Å²) in [6.45, 7) is 2.17. The van der Waals surface area contributed by atoms with Crippen molar-refractivity contribution >= 4 is 17.2 Å². The molecular formula is C16H14N2O3. The minimum absolute atomic E-state index is 0.369. The number of aryl methyl sites for hydroxylation is 1. The first-order chi connectivity index (χ1) is 10.2. The van der Waals surface area contributed by atoms with Crippen LogP contribution in [0.1, 0.15) is 11.5 Å². The smallest absolute Gasteiger partial charge is 0.412 e. The summed E-state index contributed by atoms with van der Waals surface area (Å²) < 4.78 is 10.5. The fraction of sp³-hybridized carbons (Fsp3) is 0.125. The number of ether oxygens (including phenoxy) is 1. The third-order valence-electron chi connectivity index (χ3n) is 2.95. The van der Waals surface area contributed by atoms with Crippen LogP contribution < -0.4 is 10.1 Å². The quantitative estimate of drug-likeness (QED) is 0.799. The Kier molecular flexibility index (Phi) is 3.55. The molecule has 1 amide bonds. The van der Waals surface area contributed by atoms with Crippen molar-refractivity contribution in [3.63, 3.8) is 0 Å². The second kappa shape index (κ2) is 5.66. The van der Waals surface area contributed by atoms with E-state index in [4.69, 9.17) is 9.15 Å². The average molecular weight is 282 g/mol. The van der Waals surface area contributed by atoms with Crippen LogP contribution in [0.3, 0.4) is 0 Å². The number of hydrogen-bond acceptors (Lipinski definition) is 4. The molecule has 0 aliphatic carbocycles. The van der Waals surface area contributed by atoms with Crippen molar-refractivity contribution in [2.75, 3.05) is 0 Å². The maximum absolute atomic E-state index is 11.7. The molecule has 0 spiro atoms. The van der Waals surface area contributed by atoms with E-state index in [1.165, 1.54) is 0 Å². The van der Waals surface area contributed by atoms with Crippen LogP contribution in [0.2, 0.25) is 0 Å². The normalized spacial score (nSPS) is 10.5. The van der Waals surface area contributed by atoms with Crippen molar-refractivity contribution < 1.29 is 13.9 Å².